The smallest absolute Gasteiger partial charge is 0.317 e. The predicted octanol–water partition coefficient (Wildman–Crippen LogP) is 1.51. The van der Waals surface area contributed by atoms with Crippen molar-refractivity contribution in [2.75, 3.05) is 32.7 Å². The van der Waals surface area contributed by atoms with E-state index in [-0.39, 0.29) is 6.54 Å². The number of rotatable bonds is 3. The van der Waals surface area contributed by atoms with E-state index in [0.717, 1.165) is 44.1 Å². The highest BCUT2D eigenvalue weighted by Gasteiger charge is 2.30. The first-order valence-corrected chi connectivity index (χ1v) is 7.22. The van der Waals surface area contributed by atoms with Gasteiger partial charge in [0.1, 0.15) is 0 Å². The van der Waals surface area contributed by atoms with Crippen LogP contribution in [0, 0.1) is 11.8 Å². The number of piperazine rings is 1. The van der Waals surface area contributed by atoms with E-state index in [1.807, 2.05) is 0 Å². The first-order chi connectivity index (χ1) is 8.54. The second-order valence-electron chi connectivity index (χ2n) is 6.28. The third-order valence-corrected chi connectivity index (χ3v) is 4.44. The van der Waals surface area contributed by atoms with E-state index in [4.69, 9.17) is 5.11 Å². The molecule has 1 saturated carbocycles. The Morgan fingerprint density at radius 1 is 1.06 bits per heavy atom. The number of carboxylic acid groups (broad SMARTS) is 1. The summed E-state index contributed by atoms with van der Waals surface area (Å²) in [4.78, 5) is 15.3. The van der Waals surface area contributed by atoms with Crippen molar-refractivity contribution < 1.29 is 9.90 Å². The predicted molar refractivity (Wildman–Crippen MR) is 71.6 cm³/mol. The normalized spacial score (nSPS) is 35.6. The van der Waals surface area contributed by atoms with Gasteiger partial charge in [-0.2, -0.15) is 0 Å². The van der Waals surface area contributed by atoms with Crippen LogP contribution in [0.1, 0.15) is 33.1 Å². The number of hydrogen-bond donors (Lipinski definition) is 1. The van der Waals surface area contributed by atoms with Crippen molar-refractivity contribution in [2.24, 2.45) is 11.8 Å². The Hall–Kier alpha value is -0.610. The summed E-state index contributed by atoms with van der Waals surface area (Å²) in [6, 6.07) is 0.732. The molecule has 1 saturated heterocycles. The molecule has 0 radical (unpaired) electrons. The molecule has 2 rings (SSSR count). The van der Waals surface area contributed by atoms with Gasteiger partial charge in [0.15, 0.2) is 0 Å². The van der Waals surface area contributed by atoms with Crippen molar-refractivity contribution in [3.63, 3.8) is 0 Å². The van der Waals surface area contributed by atoms with E-state index in [9.17, 15) is 4.79 Å². The quantitative estimate of drug-likeness (QED) is 0.829. The van der Waals surface area contributed by atoms with Crippen molar-refractivity contribution >= 4 is 5.97 Å². The molecule has 18 heavy (non-hydrogen) atoms. The van der Waals surface area contributed by atoms with Crippen LogP contribution in [0.3, 0.4) is 0 Å². The fourth-order valence-electron chi connectivity index (χ4n) is 3.68. The molecule has 2 atom stereocenters. The van der Waals surface area contributed by atoms with Crippen molar-refractivity contribution in [1.29, 1.82) is 0 Å². The van der Waals surface area contributed by atoms with Crippen LogP contribution in [-0.2, 0) is 4.79 Å². The number of nitrogens with zero attached hydrogens (tertiary/aromatic N) is 2. The standard InChI is InChI=1S/C14H26N2O2/c1-11-7-12(2)9-13(8-11)16-5-3-15(4-6-16)10-14(17)18/h11-13H,3-10H2,1-2H3,(H,17,18). The molecule has 1 aliphatic heterocycles. The Balaban J connectivity index is 1.80. The molecule has 0 bridgehead atoms. The zero-order valence-corrected chi connectivity index (χ0v) is 11.6. The summed E-state index contributed by atoms with van der Waals surface area (Å²) in [6.45, 7) is 8.82. The maximum absolute atomic E-state index is 10.7. The SMILES string of the molecule is CC1CC(C)CC(N2CCN(CC(=O)O)CC2)C1. The maximum atomic E-state index is 10.7. The highest BCUT2D eigenvalue weighted by molar-refractivity contribution is 5.69. The van der Waals surface area contributed by atoms with Crippen LogP contribution in [0.25, 0.3) is 0 Å². The number of carbonyl (C=O) groups is 1. The van der Waals surface area contributed by atoms with Crippen LogP contribution in [0.5, 0.6) is 0 Å². The van der Waals surface area contributed by atoms with Crippen molar-refractivity contribution in [3.05, 3.63) is 0 Å². The summed E-state index contributed by atoms with van der Waals surface area (Å²) >= 11 is 0. The van der Waals surface area contributed by atoms with Crippen molar-refractivity contribution in [2.45, 2.75) is 39.2 Å². The molecule has 1 N–H and O–H groups in total. The monoisotopic (exact) mass is 254 g/mol. The summed E-state index contributed by atoms with van der Waals surface area (Å²) in [5.41, 5.74) is 0. The van der Waals surface area contributed by atoms with Gasteiger partial charge in [-0.25, -0.2) is 0 Å². The number of carboxylic acids is 1. The van der Waals surface area contributed by atoms with E-state index in [1.54, 1.807) is 0 Å². The lowest BCUT2D eigenvalue weighted by atomic mass is 9.79. The summed E-state index contributed by atoms with van der Waals surface area (Å²) in [5, 5.41) is 8.79. The summed E-state index contributed by atoms with van der Waals surface area (Å²) < 4.78 is 0. The van der Waals surface area contributed by atoms with Crippen LogP contribution >= 0.6 is 0 Å². The molecular formula is C14H26N2O2. The number of hydrogen-bond acceptors (Lipinski definition) is 3. The minimum Gasteiger partial charge on any atom is -0.480 e. The molecule has 1 heterocycles. The van der Waals surface area contributed by atoms with E-state index >= 15 is 0 Å². The molecule has 4 heteroatoms. The summed E-state index contributed by atoms with van der Waals surface area (Å²) in [7, 11) is 0. The van der Waals surface area contributed by atoms with E-state index in [1.165, 1.54) is 19.3 Å². The number of aliphatic carboxylic acids is 1. The fourth-order valence-corrected chi connectivity index (χ4v) is 3.68. The zero-order chi connectivity index (χ0) is 13.1. The molecule has 0 aromatic heterocycles. The van der Waals surface area contributed by atoms with Crippen LogP contribution in [0.4, 0.5) is 0 Å². The Morgan fingerprint density at radius 3 is 2.11 bits per heavy atom. The van der Waals surface area contributed by atoms with Gasteiger partial charge < -0.3 is 5.11 Å². The Kier molecular flexibility index (Phi) is 4.62. The average Bonchev–Trinajstić information content (AvgIpc) is 2.27. The van der Waals surface area contributed by atoms with Gasteiger partial charge in [-0.05, 0) is 31.1 Å². The third-order valence-electron chi connectivity index (χ3n) is 4.44. The molecule has 2 aliphatic rings. The summed E-state index contributed by atoms with van der Waals surface area (Å²) in [5.74, 6) is 0.981. The molecule has 0 aromatic rings. The second kappa shape index (κ2) is 6.02. The Morgan fingerprint density at radius 2 is 1.61 bits per heavy atom. The molecule has 2 unspecified atom stereocenters. The fraction of sp³-hybridized carbons (Fsp3) is 0.929. The third kappa shape index (κ3) is 3.69. The molecule has 2 fully saturated rings. The van der Waals surface area contributed by atoms with Gasteiger partial charge in [-0.1, -0.05) is 13.8 Å². The van der Waals surface area contributed by atoms with Crippen molar-refractivity contribution in [3.8, 4) is 0 Å². The minimum absolute atomic E-state index is 0.200. The second-order valence-corrected chi connectivity index (χ2v) is 6.28. The van der Waals surface area contributed by atoms with E-state index in [0.29, 0.717) is 0 Å². The topological polar surface area (TPSA) is 43.8 Å². The first kappa shape index (κ1) is 13.8. The van der Waals surface area contributed by atoms with Gasteiger partial charge >= 0.3 is 5.97 Å². The highest BCUT2D eigenvalue weighted by Crippen LogP contribution is 2.31. The molecule has 1 aliphatic carbocycles. The van der Waals surface area contributed by atoms with E-state index in [2.05, 4.69) is 23.6 Å². The lowest BCUT2D eigenvalue weighted by molar-refractivity contribution is -0.138. The Labute approximate surface area is 110 Å². The summed E-state index contributed by atoms with van der Waals surface area (Å²) in [6.07, 6.45) is 4.02. The van der Waals surface area contributed by atoms with Gasteiger partial charge in [0.2, 0.25) is 0 Å². The van der Waals surface area contributed by atoms with Gasteiger partial charge in [-0.3, -0.25) is 14.6 Å². The van der Waals surface area contributed by atoms with E-state index < -0.39 is 5.97 Å². The largest absolute Gasteiger partial charge is 0.480 e. The lowest BCUT2D eigenvalue weighted by Gasteiger charge is -2.43. The molecule has 0 aromatic carbocycles. The molecule has 4 nitrogen and oxygen atoms in total. The van der Waals surface area contributed by atoms with Crippen LogP contribution in [0.15, 0.2) is 0 Å². The zero-order valence-electron chi connectivity index (χ0n) is 11.6. The van der Waals surface area contributed by atoms with Crippen molar-refractivity contribution in [1.82, 2.24) is 9.80 Å². The minimum atomic E-state index is -0.705. The molecule has 0 amide bonds. The first-order valence-electron chi connectivity index (χ1n) is 7.22. The van der Waals surface area contributed by atoms with Gasteiger partial charge in [0, 0.05) is 32.2 Å². The van der Waals surface area contributed by atoms with Crippen LogP contribution in [0.2, 0.25) is 0 Å². The van der Waals surface area contributed by atoms with Gasteiger partial charge in [0.25, 0.3) is 0 Å². The maximum Gasteiger partial charge on any atom is 0.317 e. The Bertz CT molecular complexity index is 278. The van der Waals surface area contributed by atoms with Crippen LogP contribution in [-0.4, -0.2) is 59.6 Å². The molecule has 0 spiro atoms. The van der Waals surface area contributed by atoms with Gasteiger partial charge in [-0.15, -0.1) is 0 Å². The molecule has 104 valence electrons. The molecular weight excluding hydrogens is 228 g/mol. The van der Waals surface area contributed by atoms with Crippen LogP contribution < -0.4 is 0 Å². The average molecular weight is 254 g/mol. The lowest BCUT2D eigenvalue weighted by Crippen LogP contribution is -2.52. The van der Waals surface area contributed by atoms with Gasteiger partial charge in [0.05, 0.1) is 6.54 Å². The highest BCUT2D eigenvalue weighted by atomic mass is 16.4.